The number of carbonyl (C=O) groups is 2. The number of hydrogen-bond acceptors (Lipinski definition) is 11. The van der Waals surface area contributed by atoms with E-state index < -0.39 is 66.6 Å². The molecule has 1 aromatic rings. The lowest BCUT2D eigenvalue weighted by atomic mass is 9.68. The van der Waals surface area contributed by atoms with Crippen molar-refractivity contribution in [2.45, 2.75) is 70.9 Å². The van der Waals surface area contributed by atoms with Crippen molar-refractivity contribution in [2.24, 2.45) is 11.3 Å². The Hall–Kier alpha value is -2.96. The third-order valence-electron chi connectivity index (χ3n) is 6.63. The second-order valence-corrected chi connectivity index (χ2v) is 10.2. The van der Waals surface area contributed by atoms with Crippen molar-refractivity contribution in [1.82, 2.24) is 0 Å². The van der Waals surface area contributed by atoms with E-state index in [9.17, 15) is 40.2 Å². The Labute approximate surface area is 214 Å². The van der Waals surface area contributed by atoms with Gasteiger partial charge in [0.2, 0.25) is 0 Å². The van der Waals surface area contributed by atoms with Crippen molar-refractivity contribution in [1.29, 1.82) is 0 Å². The maximum Gasteiger partial charge on any atom is 0.338 e. The number of benzene rings is 1. The molecule has 204 valence electrons. The van der Waals surface area contributed by atoms with Gasteiger partial charge in [0.1, 0.15) is 31.0 Å². The van der Waals surface area contributed by atoms with Gasteiger partial charge in [-0.25, -0.2) is 4.79 Å². The van der Waals surface area contributed by atoms with Crippen LogP contribution in [0.25, 0.3) is 0 Å². The average Bonchev–Trinajstić information content (AvgIpc) is 2.80. The van der Waals surface area contributed by atoms with Gasteiger partial charge in [-0.1, -0.05) is 31.6 Å². The van der Waals surface area contributed by atoms with Gasteiger partial charge in [0, 0.05) is 12.3 Å². The van der Waals surface area contributed by atoms with Gasteiger partial charge in [-0.15, -0.1) is 0 Å². The summed E-state index contributed by atoms with van der Waals surface area (Å²) in [7, 11) is 0. The monoisotopic (exact) mass is 522 g/mol. The number of esters is 1. The normalized spacial score (nSPS) is 30.7. The van der Waals surface area contributed by atoms with Crippen molar-refractivity contribution in [3.8, 4) is 17.2 Å². The van der Waals surface area contributed by atoms with Crippen molar-refractivity contribution < 1.29 is 54.4 Å². The third kappa shape index (κ3) is 6.49. The molecule has 0 bridgehead atoms. The van der Waals surface area contributed by atoms with Crippen LogP contribution < -0.4 is 0 Å². The highest BCUT2D eigenvalue weighted by Gasteiger charge is 2.45. The second kappa shape index (κ2) is 11.2. The fourth-order valence-corrected chi connectivity index (χ4v) is 4.64. The maximum absolute atomic E-state index is 12.3. The summed E-state index contributed by atoms with van der Waals surface area (Å²) in [6.07, 6.45) is -2.35. The molecule has 1 aliphatic carbocycles. The second-order valence-electron chi connectivity index (χ2n) is 10.2. The number of ketones is 1. The number of allylic oxidation sites excluding steroid dienone is 3. The number of phenolic OH excluding ortho intramolecular Hbond substituents is 3. The fourth-order valence-electron chi connectivity index (χ4n) is 4.64. The number of aromatic hydroxyl groups is 3. The van der Waals surface area contributed by atoms with Crippen LogP contribution in [0.3, 0.4) is 0 Å². The molecule has 11 nitrogen and oxygen atoms in total. The number of phenols is 3. The molecule has 7 unspecified atom stereocenters. The molecule has 37 heavy (non-hydrogen) atoms. The van der Waals surface area contributed by atoms with Crippen LogP contribution in [-0.2, 0) is 19.0 Å². The highest BCUT2D eigenvalue weighted by molar-refractivity contribution is 5.92. The summed E-state index contributed by atoms with van der Waals surface area (Å²) < 4.78 is 16.4. The summed E-state index contributed by atoms with van der Waals surface area (Å²) in [4.78, 5) is 24.2. The molecule has 1 saturated heterocycles. The molecule has 7 atom stereocenters. The van der Waals surface area contributed by atoms with Gasteiger partial charge in [0.25, 0.3) is 0 Å². The SMILES string of the molecule is CC1=CC(=O)CC(C)(C)C1C=CC(C)OC1OC(COC(=O)c2cc(O)c(O)c(O)c2)C(O)C(O)C1O. The molecule has 1 fully saturated rings. The molecule has 2 aliphatic rings. The topological polar surface area (TPSA) is 183 Å². The zero-order valence-electron chi connectivity index (χ0n) is 21.1. The van der Waals surface area contributed by atoms with E-state index in [2.05, 4.69) is 0 Å². The quantitative estimate of drug-likeness (QED) is 0.172. The molecule has 0 aromatic heterocycles. The lowest BCUT2D eigenvalue weighted by Crippen LogP contribution is -2.59. The van der Waals surface area contributed by atoms with Gasteiger partial charge in [-0.2, -0.15) is 0 Å². The van der Waals surface area contributed by atoms with Gasteiger partial charge >= 0.3 is 5.97 Å². The smallest absolute Gasteiger partial charge is 0.338 e. The summed E-state index contributed by atoms with van der Waals surface area (Å²) in [5, 5.41) is 59.5. The van der Waals surface area contributed by atoms with Crippen LogP contribution in [0, 0.1) is 11.3 Å². The van der Waals surface area contributed by atoms with Gasteiger partial charge in [0.05, 0.1) is 11.7 Å². The Balaban J connectivity index is 1.64. The first-order chi connectivity index (χ1) is 17.2. The van der Waals surface area contributed by atoms with Crippen LogP contribution >= 0.6 is 0 Å². The molecule has 0 amide bonds. The van der Waals surface area contributed by atoms with E-state index in [-0.39, 0.29) is 22.7 Å². The van der Waals surface area contributed by atoms with E-state index in [1.807, 2.05) is 26.8 Å². The molecule has 0 saturated carbocycles. The van der Waals surface area contributed by atoms with E-state index >= 15 is 0 Å². The Morgan fingerprint density at radius 2 is 1.76 bits per heavy atom. The number of hydrogen-bond donors (Lipinski definition) is 6. The number of aliphatic hydroxyl groups excluding tert-OH is 3. The molecule has 1 aromatic carbocycles. The standard InChI is InChI=1S/C26H34O11/c1-12-7-15(27)10-26(3,4)16(12)6-5-13(2)36-25-23(33)22(32)21(31)19(37-25)11-35-24(34)14-8-17(28)20(30)18(29)9-14/h5-9,13,16,19,21-23,25,28-33H,10-11H2,1-4H3. The molecule has 0 radical (unpaired) electrons. The summed E-state index contributed by atoms with van der Waals surface area (Å²) >= 11 is 0. The Bertz CT molecular complexity index is 1050. The lowest BCUT2D eigenvalue weighted by Gasteiger charge is -2.40. The van der Waals surface area contributed by atoms with Crippen LogP contribution in [0.2, 0.25) is 0 Å². The Kier molecular flexibility index (Phi) is 8.66. The summed E-state index contributed by atoms with van der Waals surface area (Å²) in [6, 6.07) is 1.77. The van der Waals surface area contributed by atoms with Crippen molar-refractivity contribution in [3.63, 3.8) is 0 Å². The first-order valence-electron chi connectivity index (χ1n) is 11.9. The highest BCUT2D eigenvalue weighted by Crippen LogP contribution is 2.40. The fraction of sp³-hybridized carbons (Fsp3) is 0.538. The number of aliphatic hydroxyl groups is 3. The zero-order chi connectivity index (χ0) is 27.7. The first-order valence-corrected chi connectivity index (χ1v) is 11.9. The van der Waals surface area contributed by atoms with Gasteiger partial charge in [0.15, 0.2) is 29.3 Å². The predicted molar refractivity (Wildman–Crippen MR) is 129 cm³/mol. The molecule has 1 aliphatic heterocycles. The molecule has 11 heteroatoms. The average molecular weight is 523 g/mol. The number of rotatable bonds is 7. The Morgan fingerprint density at radius 1 is 1.14 bits per heavy atom. The van der Waals surface area contributed by atoms with Gasteiger partial charge in [-0.05, 0) is 37.5 Å². The van der Waals surface area contributed by atoms with E-state index in [1.165, 1.54) is 0 Å². The largest absolute Gasteiger partial charge is 0.504 e. The van der Waals surface area contributed by atoms with Gasteiger partial charge in [-0.3, -0.25) is 4.79 Å². The molecular formula is C26H34O11. The minimum atomic E-state index is -1.66. The van der Waals surface area contributed by atoms with E-state index in [0.717, 1.165) is 17.7 Å². The number of ether oxygens (including phenoxy) is 3. The predicted octanol–water partition coefficient (Wildman–Crippen LogP) is 1.29. The minimum Gasteiger partial charge on any atom is -0.504 e. The zero-order valence-corrected chi connectivity index (χ0v) is 21.1. The maximum atomic E-state index is 12.3. The first kappa shape index (κ1) is 28.6. The number of carbonyl (C=O) groups excluding carboxylic acids is 2. The van der Waals surface area contributed by atoms with Crippen LogP contribution in [0.1, 0.15) is 44.5 Å². The van der Waals surface area contributed by atoms with Crippen LogP contribution in [0.15, 0.2) is 35.9 Å². The van der Waals surface area contributed by atoms with Crippen molar-refractivity contribution >= 4 is 11.8 Å². The van der Waals surface area contributed by atoms with Crippen molar-refractivity contribution in [3.05, 3.63) is 41.5 Å². The minimum absolute atomic E-state index is 0.00760. The summed E-state index contributed by atoms with van der Waals surface area (Å²) in [6.45, 7) is 7.03. The van der Waals surface area contributed by atoms with E-state index in [4.69, 9.17) is 14.2 Å². The summed E-state index contributed by atoms with van der Waals surface area (Å²) in [5.41, 5.74) is 0.365. The Morgan fingerprint density at radius 3 is 2.35 bits per heavy atom. The van der Waals surface area contributed by atoms with E-state index in [0.29, 0.717) is 6.42 Å². The van der Waals surface area contributed by atoms with Crippen molar-refractivity contribution in [2.75, 3.05) is 6.61 Å². The molecule has 1 heterocycles. The van der Waals surface area contributed by atoms with Crippen LogP contribution in [0.5, 0.6) is 17.2 Å². The third-order valence-corrected chi connectivity index (χ3v) is 6.63. The van der Waals surface area contributed by atoms with Crippen LogP contribution in [-0.4, -0.2) is 85.8 Å². The lowest BCUT2D eigenvalue weighted by molar-refractivity contribution is -0.306. The highest BCUT2D eigenvalue weighted by atomic mass is 16.7. The molecule has 0 spiro atoms. The van der Waals surface area contributed by atoms with E-state index in [1.54, 1.807) is 19.1 Å². The molecule has 6 N–H and O–H groups in total. The molecular weight excluding hydrogens is 488 g/mol. The van der Waals surface area contributed by atoms with Gasteiger partial charge < -0.3 is 44.8 Å². The van der Waals surface area contributed by atoms with Crippen LogP contribution in [0.4, 0.5) is 0 Å². The summed E-state index contributed by atoms with van der Waals surface area (Å²) in [5.74, 6) is -3.20. The molecule has 3 rings (SSSR count).